The molecule has 2 heterocycles. The van der Waals surface area contributed by atoms with Crippen molar-refractivity contribution in [1.82, 2.24) is 4.90 Å². The number of carbonyl (C=O) groups is 3. The Labute approximate surface area is 181 Å². The van der Waals surface area contributed by atoms with Gasteiger partial charge in [0.05, 0.1) is 41.4 Å². The van der Waals surface area contributed by atoms with E-state index >= 15 is 0 Å². The molecule has 1 aliphatic rings. The summed E-state index contributed by atoms with van der Waals surface area (Å²) in [6, 6.07) is 4.47. The average molecular weight is 457 g/mol. The van der Waals surface area contributed by atoms with Crippen molar-refractivity contribution in [2.75, 3.05) is 38.7 Å². The summed E-state index contributed by atoms with van der Waals surface area (Å²) in [6.07, 6.45) is 0. The second-order valence-electron chi connectivity index (χ2n) is 6.23. The minimum absolute atomic E-state index is 0.146. The van der Waals surface area contributed by atoms with E-state index in [1.165, 1.54) is 25.3 Å². The average Bonchev–Trinajstić information content (AvgIpc) is 3.03. The highest BCUT2D eigenvalue weighted by Crippen LogP contribution is 2.35. The number of anilines is 1. The number of halogens is 2. The van der Waals surface area contributed by atoms with E-state index in [4.69, 9.17) is 32.7 Å². The summed E-state index contributed by atoms with van der Waals surface area (Å²) < 4.78 is 10.1. The van der Waals surface area contributed by atoms with E-state index in [1.807, 2.05) is 0 Å². The van der Waals surface area contributed by atoms with E-state index in [0.717, 1.165) is 11.3 Å². The monoisotopic (exact) mass is 456 g/mol. The van der Waals surface area contributed by atoms with Gasteiger partial charge in [-0.2, -0.15) is 0 Å². The molecule has 7 nitrogen and oxygen atoms in total. The molecule has 29 heavy (non-hydrogen) atoms. The van der Waals surface area contributed by atoms with Crippen molar-refractivity contribution >= 4 is 57.3 Å². The molecule has 1 saturated heterocycles. The van der Waals surface area contributed by atoms with Crippen LogP contribution in [0, 0.1) is 6.92 Å². The van der Waals surface area contributed by atoms with E-state index in [-0.39, 0.29) is 27.1 Å². The number of esters is 1. The van der Waals surface area contributed by atoms with Gasteiger partial charge in [0, 0.05) is 18.1 Å². The summed E-state index contributed by atoms with van der Waals surface area (Å²) >= 11 is 13.0. The van der Waals surface area contributed by atoms with E-state index < -0.39 is 11.9 Å². The molecule has 2 aromatic rings. The Kier molecular flexibility index (Phi) is 6.79. The molecule has 154 valence electrons. The fourth-order valence-electron chi connectivity index (χ4n) is 2.91. The number of benzene rings is 1. The first-order chi connectivity index (χ1) is 13.8. The van der Waals surface area contributed by atoms with Crippen LogP contribution in [0.4, 0.5) is 5.00 Å². The van der Waals surface area contributed by atoms with Gasteiger partial charge >= 0.3 is 5.97 Å². The molecule has 1 aromatic carbocycles. The van der Waals surface area contributed by atoms with Crippen LogP contribution in [-0.2, 0) is 9.47 Å². The number of nitrogens with zero attached hydrogens (tertiary/aromatic N) is 1. The Morgan fingerprint density at radius 2 is 1.90 bits per heavy atom. The molecular formula is C19H18Cl2N2O5S. The number of rotatable bonds is 4. The van der Waals surface area contributed by atoms with Crippen molar-refractivity contribution < 1.29 is 23.9 Å². The number of methoxy groups -OCH3 is 1. The summed E-state index contributed by atoms with van der Waals surface area (Å²) in [5.41, 5.74) is 0.794. The molecular weight excluding hydrogens is 439 g/mol. The molecule has 10 heteroatoms. The van der Waals surface area contributed by atoms with Crippen molar-refractivity contribution in [3.63, 3.8) is 0 Å². The largest absolute Gasteiger partial charge is 0.465 e. The Morgan fingerprint density at radius 1 is 1.21 bits per heavy atom. The van der Waals surface area contributed by atoms with E-state index in [1.54, 1.807) is 11.8 Å². The number of hydrogen-bond donors (Lipinski definition) is 1. The van der Waals surface area contributed by atoms with Gasteiger partial charge in [-0.3, -0.25) is 9.59 Å². The minimum atomic E-state index is -0.641. The number of morpholine rings is 1. The summed E-state index contributed by atoms with van der Waals surface area (Å²) in [6.45, 7) is 3.50. The van der Waals surface area contributed by atoms with Gasteiger partial charge in [0.25, 0.3) is 11.8 Å². The number of ether oxygens (including phenoxy) is 2. The molecule has 1 fully saturated rings. The molecule has 2 amide bonds. The van der Waals surface area contributed by atoms with Gasteiger partial charge in [0.15, 0.2) is 0 Å². The highest BCUT2D eigenvalue weighted by atomic mass is 35.5. The van der Waals surface area contributed by atoms with E-state index in [2.05, 4.69) is 5.32 Å². The molecule has 1 aliphatic heterocycles. The molecule has 0 bridgehead atoms. The Balaban J connectivity index is 1.95. The summed E-state index contributed by atoms with van der Waals surface area (Å²) in [7, 11) is 1.24. The fraction of sp³-hybridized carbons (Fsp3) is 0.316. The molecule has 0 spiro atoms. The Bertz CT molecular complexity index is 970. The van der Waals surface area contributed by atoms with Gasteiger partial charge in [-0.25, -0.2) is 4.79 Å². The van der Waals surface area contributed by atoms with E-state index in [9.17, 15) is 14.4 Å². The van der Waals surface area contributed by atoms with Gasteiger partial charge in [-0.15, -0.1) is 11.3 Å². The molecule has 0 radical (unpaired) electrons. The first kappa shape index (κ1) is 21.6. The van der Waals surface area contributed by atoms with E-state index in [0.29, 0.717) is 41.8 Å². The second-order valence-corrected chi connectivity index (χ2v) is 8.10. The first-order valence-electron chi connectivity index (χ1n) is 8.68. The summed E-state index contributed by atoms with van der Waals surface area (Å²) in [4.78, 5) is 40.0. The number of carbonyl (C=O) groups excluding carboxylic acids is 3. The highest BCUT2D eigenvalue weighted by Gasteiger charge is 2.29. The standard InChI is InChI=1S/C19H18Cl2N2O5S/c1-10-14(19(26)27-2)17(22-16(24)12-4-3-11(20)9-13(12)21)29-15(10)18(25)23-5-7-28-8-6-23/h3-4,9H,5-8H2,1-2H3,(H,22,24). The topological polar surface area (TPSA) is 84.9 Å². The van der Waals surface area contributed by atoms with Gasteiger partial charge in [-0.05, 0) is 30.7 Å². The quantitative estimate of drug-likeness (QED) is 0.705. The minimum Gasteiger partial charge on any atom is -0.465 e. The number of hydrogen-bond acceptors (Lipinski definition) is 6. The second kappa shape index (κ2) is 9.13. The van der Waals surface area contributed by atoms with Crippen LogP contribution in [0.15, 0.2) is 18.2 Å². The van der Waals surface area contributed by atoms with Crippen LogP contribution in [0.25, 0.3) is 0 Å². The molecule has 0 aliphatic carbocycles. The number of thiophene rings is 1. The lowest BCUT2D eigenvalue weighted by molar-refractivity contribution is 0.0305. The fourth-order valence-corrected chi connectivity index (χ4v) is 4.56. The van der Waals surface area contributed by atoms with Gasteiger partial charge in [0.1, 0.15) is 5.00 Å². The van der Waals surface area contributed by atoms with Crippen molar-refractivity contribution in [2.45, 2.75) is 6.92 Å². The SMILES string of the molecule is COC(=O)c1c(NC(=O)c2ccc(Cl)cc2Cl)sc(C(=O)N2CCOCC2)c1C. The van der Waals surface area contributed by atoms with Crippen LogP contribution in [-0.4, -0.2) is 56.1 Å². The maximum Gasteiger partial charge on any atom is 0.341 e. The third kappa shape index (κ3) is 4.56. The number of nitrogens with one attached hydrogen (secondary N) is 1. The number of amides is 2. The van der Waals surface area contributed by atoms with Gasteiger partial charge < -0.3 is 19.7 Å². The Hall–Kier alpha value is -2.13. The maximum atomic E-state index is 12.9. The zero-order chi connectivity index (χ0) is 21.1. The maximum absolute atomic E-state index is 12.9. The van der Waals surface area contributed by atoms with Crippen molar-refractivity contribution in [3.8, 4) is 0 Å². The third-order valence-corrected chi connectivity index (χ3v) is 6.17. The van der Waals surface area contributed by atoms with Crippen LogP contribution in [0.5, 0.6) is 0 Å². The lowest BCUT2D eigenvalue weighted by Crippen LogP contribution is -2.40. The molecule has 1 aromatic heterocycles. The summed E-state index contributed by atoms with van der Waals surface area (Å²) in [5.74, 6) is -1.38. The van der Waals surface area contributed by atoms with Crippen LogP contribution in [0.1, 0.15) is 36.0 Å². The van der Waals surface area contributed by atoms with Crippen LogP contribution in [0.2, 0.25) is 10.0 Å². The van der Waals surface area contributed by atoms with Crippen LogP contribution >= 0.6 is 34.5 Å². The van der Waals surface area contributed by atoms with Crippen LogP contribution < -0.4 is 5.32 Å². The third-order valence-electron chi connectivity index (χ3n) is 4.43. The van der Waals surface area contributed by atoms with Gasteiger partial charge in [-0.1, -0.05) is 23.2 Å². The predicted octanol–water partition coefficient (Wildman–Crippen LogP) is 3.87. The predicted molar refractivity (Wildman–Crippen MR) is 112 cm³/mol. The highest BCUT2D eigenvalue weighted by molar-refractivity contribution is 7.18. The van der Waals surface area contributed by atoms with Crippen molar-refractivity contribution in [2.24, 2.45) is 0 Å². The zero-order valence-corrected chi connectivity index (χ0v) is 18.0. The van der Waals surface area contributed by atoms with Gasteiger partial charge in [0.2, 0.25) is 0 Å². The van der Waals surface area contributed by atoms with Crippen molar-refractivity contribution in [1.29, 1.82) is 0 Å². The molecule has 0 atom stereocenters. The molecule has 1 N–H and O–H groups in total. The normalized spacial score (nSPS) is 13.9. The smallest absolute Gasteiger partial charge is 0.341 e. The first-order valence-corrected chi connectivity index (χ1v) is 10.3. The summed E-state index contributed by atoms with van der Waals surface area (Å²) in [5, 5.41) is 3.47. The van der Waals surface area contributed by atoms with Crippen molar-refractivity contribution in [3.05, 3.63) is 49.8 Å². The zero-order valence-electron chi connectivity index (χ0n) is 15.7. The molecule has 0 saturated carbocycles. The molecule has 0 unspecified atom stereocenters. The lowest BCUT2D eigenvalue weighted by Gasteiger charge is -2.26. The molecule has 3 rings (SSSR count). The van der Waals surface area contributed by atoms with Crippen LogP contribution in [0.3, 0.4) is 0 Å². The lowest BCUT2D eigenvalue weighted by atomic mass is 10.1. The Morgan fingerprint density at radius 3 is 2.52 bits per heavy atom.